The van der Waals surface area contributed by atoms with Crippen molar-refractivity contribution >= 4 is 0 Å². The molecule has 0 heterocycles. The fourth-order valence-corrected chi connectivity index (χ4v) is 0. The van der Waals surface area contributed by atoms with Crippen LogP contribution in [0.4, 0.5) is 0 Å². The Bertz CT molecular complexity index is 6.00. The molecular formula is O2VZr. The molecule has 0 bridgehead atoms. The largest absolute Gasteiger partial charge is 4.00 e. The molecule has 1 radical (unpaired) electrons. The predicted octanol–water partition coefficient (Wildman–Crippen LogP) is -0.243. The summed E-state index contributed by atoms with van der Waals surface area (Å²) in [5.41, 5.74) is 0. The van der Waals surface area contributed by atoms with E-state index in [9.17, 15) is 0 Å². The Morgan fingerprint density at radius 1 is 0.750 bits per heavy atom. The molecule has 4 heteroatoms. The van der Waals surface area contributed by atoms with Crippen molar-refractivity contribution in [1.29, 1.82) is 0 Å². The first-order valence-electron chi connectivity index (χ1n) is 0. The Morgan fingerprint density at radius 2 is 0.750 bits per heavy atom. The fourth-order valence-electron chi connectivity index (χ4n) is 0. The topological polar surface area (TPSA) is 57.0 Å². The third-order valence-corrected chi connectivity index (χ3v) is 0. The molecule has 0 aliphatic carbocycles. The van der Waals surface area contributed by atoms with Crippen molar-refractivity contribution in [2.24, 2.45) is 0 Å². The van der Waals surface area contributed by atoms with Crippen molar-refractivity contribution in [3.8, 4) is 0 Å². The van der Waals surface area contributed by atoms with Gasteiger partial charge in [-0.15, -0.1) is 0 Å². The molecule has 0 aromatic heterocycles. The van der Waals surface area contributed by atoms with E-state index in [-0.39, 0.29) is 55.7 Å². The summed E-state index contributed by atoms with van der Waals surface area (Å²) in [6, 6.07) is 0. The van der Waals surface area contributed by atoms with E-state index in [0.29, 0.717) is 0 Å². The van der Waals surface area contributed by atoms with Crippen LogP contribution in [0.1, 0.15) is 0 Å². The van der Waals surface area contributed by atoms with E-state index in [4.69, 9.17) is 0 Å². The summed E-state index contributed by atoms with van der Waals surface area (Å²) in [4.78, 5) is 0. The molecule has 0 atom stereocenters. The zero-order chi connectivity index (χ0) is 0. The molecule has 0 saturated carbocycles. The third-order valence-electron chi connectivity index (χ3n) is 0. The van der Waals surface area contributed by atoms with Gasteiger partial charge in [-0.2, -0.15) is 0 Å². The molecule has 0 saturated heterocycles. The molecule has 0 spiro atoms. The number of hydrogen-bond acceptors (Lipinski definition) is 0. The minimum Gasteiger partial charge on any atom is -2.00 e. The quantitative estimate of drug-likeness (QED) is 0.486. The Morgan fingerprint density at radius 3 is 0.750 bits per heavy atom. The molecule has 0 amide bonds. The van der Waals surface area contributed by atoms with Gasteiger partial charge in [-0.3, -0.25) is 0 Å². The second kappa shape index (κ2) is 26.2. The smallest absolute Gasteiger partial charge is 2.00 e. The van der Waals surface area contributed by atoms with Crippen LogP contribution in [0.3, 0.4) is 0 Å². The maximum atomic E-state index is 0. The van der Waals surface area contributed by atoms with Crippen LogP contribution >= 0.6 is 0 Å². The van der Waals surface area contributed by atoms with Crippen LogP contribution in [-0.4, -0.2) is 0 Å². The molecule has 0 N–H and O–H groups in total. The molecular weight excluding hydrogens is 174 g/mol. The van der Waals surface area contributed by atoms with E-state index in [1.165, 1.54) is 0 Å². The summed E-state index contributed by atoms with van der Waals surface area (Å²) in [6.07, 6.45) is 0. The Labute approximate surface area is 55.6 Å². The van der Waals surface area contributed by atoms with Crippen LogP contribution in [0.15, 0.2) is 0 Å². The minimum absolute atomic E-state index is 0. The van der Waals surface area contributed by atoms with E-state index in [2.05, 4.69) is 0 Å². The SMILES string of the molecule is [O-2].[O-2].[V].[Zr+4]. The van der Waals surface area contributed by atoms with Gasteiger partial charge in [0.15, 0.2) is 0 Å². The molecule has 0 unspecified atom stereocenters. The zero-order valence-corrected chi connectivity index (χ0v) is 5.62. The van der Waals surface area contributed by atoms with E-state index in [0.717, 1.165) is 0 Å². The van der Waals surface area contributed by atoms with Gasteiger partial charge in [0.05, 0.1) is 0 Å². The molecule has 0 aliphatic heterocycles. The maximum absolute atomic E-state index is 0. The summed E-state index contributed by atoms with van der Waals surface area (Å²) >= 11 is 0. The van der Waals surface area contributed by atoms with Gasteiger partial charge in [-0.1, -0.05) is 0 Å². The van der Waals surface area contributed by atoms with Crippen LogP contribution in [-0.2, 0) is 55.7 Å². The monoisotopic (exact) mass is 173 g/mol. The van der Waals surface area contributed by atoms with Crippen molar-refractivity contribution < 1.29 is 55.7 Å². The number of rotatable bonds is 0. The van der Waals surface area contributed by atoms with Crippen molar-refractivity contribution in [3.63, 3.8) is 0 Å². The van der Waals surface area contributed by atoms with Gasteiger partial charge in [-0.25, -0.2) is 0 Å². The predicted molar refractivity (Wildman–Crippen MR) is 1.37 cm³/mol. The fraction of sp³-hybridized carbons (Fsp3) is 0. The first-order valence-corrected chi connectivity index (χ1v) is 0. The Hall–Kier alpha value is 1.39. The van der Waals surface area contributed by atoms with Crippen LogP contribution in [0.5, 0.6) is 0 Å². The van der Waals surface area contributed by atoms with E-state index in [1.54, 1.807) is 0 Å². The first-order chi connectivity index (χ1) is 0. The van der Waals surface area contributed by atoms with Crippen LogP contribution in [0.2, 0.25) is 0 Å². The van der Waals surface area contributed by atoms with Gasteiger partial charge < -0.3 is 11.0 Å². The number of hydrogen-bond donors (Lipinski definition) is 0. The normalized spacial score (nSPS) is 0. The summed E-state index contributed by atoms with van der Waals surface area (Å²) in [6.45, 7) is 0. The molecule has 2 nitrogen and oxygen atoms in total. The van der Waals surface area contributed by atoms with Crippen LogP contribution in [0.25, 0.3) is 0 Å². The van der Waals surface area contributed by atoms with Crippen molar-refractivity contribution in [2.75, 3.05) is 0 Å². The van der Waals surface area contributed by atoms with E-state index >= 15 is 0 Å². The molecule has 4 heavy (non-hydrogen) atoms. The van der Waals surface area contributed by atoms with Gasteiger partial charge >= 0.3 is 26.2 Å². The molecule has 0 aromatic carbocycles. The summed E-state index contributed by atoms with van der Waals surface area (Å²) in [5.74, 6) is 0. The second-order valence-electron chi connectivity index (χ2n) is 0. The van der Waals surface area contributed by atoms with Crippen molar-refractivity contribution in [2.45, 2.75) is 0 Å². The maximum Gasteiger partial charge on any atom is 4.00 e. The van der Waals surface area contributed by atoms with Gasteiger partial charge in [0.25, 0.3) is 0 Å². The zero-order valence-electron chi connectivity index (χ0n) is 1.76. The minimum atomic E-state index is 0. The molecule has 0 fully saturated rings. The van der Waals surface area contributed by atoms with Crippen molar-refractivity contribution in [1.82, 2.24) is 0 Å². The first kappa shape index (κ1) is 53.9. The second-order valence-corrected chi connectivity index (χ2v) is 0. The van der Waals surface area contributed by atoms with Crippen LogP contribution < -0.4 is 0 Å². The summed E-state index contributed by atoms with van der Waals surface area (Å²) < 4.78 is 0. The Kier molecular flexibility index (Phi) is 352. The van der Waals surface area contributed by atoms with Gasteiger partial charge in [0.2, 0.25) is 0 Å². The molecule has 0 aromatic rings. The Balaban J connectivity index is 0. The van der Waals surface area contributed by atoms with Gasteiger partial charge in [0.1, 0.15) is 0 Å². The third kappa shape index (κ3) is 10.0. The average Bonchev–Trinajstić information content (AvgIpc) is 0. The average molecular weight is 174 g/mol. The van der Waals surface area contributed by atoms with Crippen LogP contribution in [0, 0.1) is 0 Å². The van der Waals surface area contributed by atoms with Gasteiger partial charge in [0, 0.05) is 18.6 Å². The van der Waals surface area contributed by atoms with Crippen molar-refractivity contribution in [3.05, 3.63) is 0 Å². The van der Waals surface area contributed by atoms with E-state index < -0.39 is 0 Å². The van der Waals surface area contributed by atoms with E-state index in [1.807, 2.05) is 0 Å². The van der Waals surface area contributed by atoms with Gasteiger partial charge in [-0.05, 0) is 0 Å². The summed E-state index contributed by atoms with van der Waals surface area (Å²) in [5, 5.41) is 0. The molecule has 0 rings (SSSR count). The summed E-state index contributed by atoms with van der Waals surface area (Å²) in [7, 11) is 0. The molecule has 0 aliphatic rings. The molecule has 21 valence electrons. The standard InChI is InChI=1S/2O.V.Zr/q2*-2;;+4.